The maximum atomic E-state index is 13.6. The van der Waals surface area contributed by atoms with Crippen LogP contribution in [0.1, 0.15) is 45.2 Å². The lowest BCUT2D eigenvalue weighted by atomic mass is 10.1. The minimum Gasteiger partial charge on any atom is -0.352 e. The highest BCUT2D eigenvalue weighted by Crippen LogP contribution is 2.21. The molecule has 0 heterocycles. The second-order valence-electron chi connectivity index (χ2n) is 8.53. The van der Waals surface area contributed by atoms with Crippen LogP contribution in [0.25, 0.3) is 0 Å². The molecule has 186 valence electrons. The van der Waals surface area contributed by atoms with Crippen LogP contribution in [-0.4, -0.2) is 50.0 Å². The number of aryl methyl sites for hydroxylation is 1. The molecule has 1 N–H and O–H groups in total. The normalized spacial score (nSPS) is 12.3. The van der Waals surface area contributed by atoms with E-state index in [1.807, 2.05) is 39.8 Å². The Morgan fingerprint density at radius 2 is 1.53 bits per heavy atom. The summed E-state index contributed by atoms with van der Waals surface area (Å²) < 4.78 is 26.3. The molecule has 2 aromatic rings. The summed E-state index contributed by atoms with van der Waals surface area (Å²) in [7, 11) is -3.75. The predicted molar refractivity (Wildman–Crippen MR) is 137 cm³/mol. The maximum absolute atomic E-state index is 13.6. The number of amides is 2. The fourth-order valence-electron chi connectivity index (χ4n) is 3.60. The number of hydrogen-bond donors (Lipinski definition) is 1. The second kappa shape index (κ2) is 12.2. The average Bonchev–Trinajstić information content (AvgIpc) is 2.77. The molecule has 0 aliphatic rings. The lowest BCUT2D eigenvalue weighted by Gasteiger charge is -2.33. The molecule has 2 amide bonds. The van der Waals surface area contributed by atoms with Crippen molar-refractivity contribution in [1.29, 1.82) is 0 Å². The van der Waals surface area contributed by atoms with Gasteiger partial charge in [-0.1, -0.05) is 49.7 Å². The van der Waals surface area contributed by atoms with Crippen molar-refractivity contribution in [3.63, 3.8) is 0 Å². The molecular weight excluding hydrogens is 474 g/mol. The maximum Gasteiger partial charge on any atom is 0.244 e. The Labute approximate surface area is 208 Å². The topological polar surface area (TPSA) is 86.8 Å². The molecule has 0 radical (unpaired) electrons. The molecule has 34 heavy (non-hydrogen) atoms. The number of benzene rings is 2. The predicted octanol–water partition coefficient (Wildman–Crippen LogP) is 4.00. The molecule has 0 spiro atoms. The lowest BCUT2D eigenvalue weighted by molar-refractivity contribution is -0.140. The number of nitrogens with one attached hydrogen (secondary N) is 1. The van der Waals surface area contributed by atoms with E-state index in [-0.39, 0.29) is 18.5 Å². The number of carbonyl (C=O) groups is 2. The van der Waals surface area contributed by atoms with Crippen LogP contribution in [0.4, 0.5) is 5.69 Å². The van der Waals surface area contributed by atoms with E-state index in [2.05, 4.69) is 5.32 Å². The summed E-state index contributed by atoms with van der Waals surface area (Å²) in [6, 6.07) is 13.2. The van der Waals surface area contributed by atoms with Gasteiger partial charge < -0.3 is 10.2 Å². The fourth-order valence-corrected chi connectivity index (χ4v) is 4.57. The van der Waals surface area contributed by atoms with Gasteiger partial charge in [-0.3, -0.25) is 13.9 Å². The average molecular weight is 508 g/mol. The van der Waals surface area contributed by atoms with Gasteiger partial charge in [0.25, 0.3) is 0 Å². The third kappa shape index (κ3) is 7.74. The Balaban J connectivity index is 2.42. The standard InChI is InChI=1S/C25H34ClN3O4S/c1-6-19-10-14-22(15-11-19)29(34(5,32)33)17-24(30)28(16-20-8-12-21(26)13-9-20)23(7-2)25(31)27-18(3)4/h8-15,18,23H,6-7,16-17H2,1-5H3,(H,27,31)/t23-/m1/s1. The quantitative estimate of drug-likeness (QED) is 0.498. The number of hydrogen-bond acceptors (Lipinski definition) is 4. The number of carbonyl (C=O) groups excluding carboxylic acids is 2. The van der Waals surface area contributed by atoms with Crippen LogP contribution < -0.4 is 9.62 Å². The number of halogens is 1. The first-order valence-electron chi connectivity index (χ1n) is 11.4. The van der Waals surface area contributed by atoms with Gasteiger partial charge in [0.15, 0.2) is 0 Å². The molecule has 0 fully saturated rings. The van der Waals surface area contributed by atoms with Crippen molar-refractivity contribution in [2.24, 2.45) is 0 Å². The summed E-state index contributed by atoms with van der Waals surface area (Å²) >= 11 is 6.00. The Kier molecular flexibility index (Phi) is 9.94. The molecule has 7 nitrogen and oxygen atoms in total. The van der Waals surface area contributed by atoms with Crippen molar-refractivity contribution in [2.45, 2.75) is 59.2 Å². The van der Waals surface area contributed by atoms with Crippen LogP contribution >= 0.6 is 11.6 Å². The van der Waals surface area contributed by atoms with E-state index in [4.69, 9.17) is 11.6 Å². The van der Waals surface area contributed by atoms with Crippen LogP contribution in [0.3, 0.4) is 0 Å². The van der Waals surface area contributed by atoms with Crippen molar-refractivity contribution >= 4 is 39.1 Å². The highest BCUT2D eigenvalue weighted by atomic mass is 35.5. The molecule has 0 bridgehead atoms. The Morgan fingerprint density at radius 1 is 0.971 bits per heavy atom. The van der Waals surface area contributed by atoms with Gasteiger partial charge in [0.1, 0.15) is 12.6 Å². The van der Waals surface area contributed by atoms with E-state index >= 15 is 0 Å². The van der Waals surface area contributed by atoms with E-state index in [9.17, 15) is 18.0 Å². The Bertz CT molecular complexity index is 1070. The zero-order chi connectivity index (χ0) is 25.5. The van der Waals surface area contributed by atoms with Gasteiger partial charge >= 0.3 is 0 Å². The van der Waals surface area contributed by atoms with Gasteiger partial charge in [0, 0.05) is 17.6 Å². The van der Waals surface area contributed by atoms with Crippen LogP contribution in [0, 0.1) is 0 Å². The smallest absolute Gasteiger partial charge is 0.244 e. The van der Waals surface area contributed by atoms with Crippen LogP contribution in [-0.2, 0) is 32.6 Å². The van der Waals surface area contributed by atoms with Crippen LogP contribution in [0.15, 0.2) is 48.5 Å². The molecule has 2 rings (SSSR count). The van der Waals surface area contributed by atoms with E-state index < -0.39 is 28.5 Å². The molecule has 0 aromatic heterocycles. The summed E-state index contributed by atoms with van der Waals surface area (Å²) in [6.07, 6.45) is 2.26. The zero-order valence-corrected chi connectivity index (χ0v) is 22.0. The molecule has 0 saturated heterocycles. The Morgan fingerprint density at radius 3 is 2.00 bits per heavy atom. The van der Waals surface area contributed by atoms with E-state index in [0.717, 1.165) is 28.1 Å². The molecule has 0 unspecified atom stereocenters. The van der Waals surface area contributed by atoms with Crippen molar-refractivity contribution in [1.82, 2.24) is 10.2 Å². The molecule has 0 saturated carbocycles. The van der Waals surface area contributed by atoms with E-state index in [0.29, 0.717) is 17.1 Å². The molecular formula is C25H34ClN3O4S. The molecule has 0 aliphatic carbocycles. The largest absolute Gasteiger partial charge is 0.352 e. The molecule has 9 heteroatoms. The van der Waals surface area contributed by atoms with Gasteiger partial charge in [-0.15, -0.1) is 0 Å². The van der Waals surface area contributed by atoms with Crippen LogP contribution in [0.5, 0.6) is 0 Å². The van der Waals surface area contributed by atoms with Gasteiger partial charge in [-0.05, 0) is 62.1 Å². The van der Waals surface area contributed by atoms with Gasteiger partial charge in [-0.2, -0.15) is 0 Å². The highest BCUT2D eigenvalue weighted by Gasteiger charge is 2.31. The Hall–Kier alpha value is -2.58. The third-order valence-electron chi connectivity index (χ3n) is 5.39. The van der Waals surface area contributed by atoms with Gasteiger partial charge in [0.2, 0.25) is 21.8 Å². The van der Waals surface area contributed by atoms with Gasteiger partial charge in [-0.25, -0.2) is 8.42 Å². The second-order valence-corrected chi connectivity index (χ2v) is 10.9. The summed E-state index contributed by atoms with van der Waals surface area (Å²) in [5.41, 5.74) is 2.25. The summed E-state index contributed by atoms with van der Waals surface area (Å²) in [6.45, 7) is 7.26. The minimum absolute atomic E-state index is 0.0985. The SMILES string of the molecule is CCc1ccc(N(CC(=O)N(Cc2ccc(Cl)cc2)[C@H](CC)C(=O)NC(C)C)S(C)(=O)=O)cc1. The molecule has 0 aliphatic heterocycles. The highest BCUT2D eigenvalue weighted by molar-refractivity contribution is 7.92. The fraction of sp³-hybridized carbons (Fsp3) is 0.440. The minimum atomic E-state index is -3.75. The molecule has 1 atom stereocenters. The van der Waals surface area contributed by atoms with Crippen molar-refractivity contribution in [3.8, 4) is 0 Å². The zero-order valence-electron chi connectivity index (χ0n) is 20.4. The monoisotopic (exact) mass is 507 g/mol. The van der Waals surface area contributed by atoms with Crippen LogP contribution in [0.2, 0.25) is 5.02 Å². The summed E-state index contributed by atoms with van der Waals surface area (Å²) in [5, 5.41) is 3.43. The number of nitrogens with zero attached hydrogens (tertiary/aromatic N) is 2. The van der Waals surface area contributed by atoms with Crippen molar-refractivity contribution < 1.29 is 18.0 Å². The van der Waals surface area contributed by atoms with Crippen molar-refractivity contribution in [3.05, 3.63) is 64.7 Å². The number of sulfonamides is 1. The number of anilines is 1. The summed E-state index contributed by atoms with van der Waals surface area (Å²) in [5.74, 6) is -0.747. The van der Waals surface area contributed by atoms with Gasteiger partial charge in [0.05, 0.1) is 11.9 Å². The first kappa shape index (κ1) is 27.7. The van der Waals surface area contributed by atoms with E-state index in [1.165, 1.54) is 4.90 Å². The number of rotatable bonds is 11. The third-order valence-corrected chi connectivity index (χ3v) is 6.79. The first-order chi connectivity index (χ1) is 16.0. The van der Waals surface area contributed by atoms with E-state index in [1.54, 1.807) is 36.4 Å². The molecule has 2 aromatic carbocycles. The summed E-state index contributed by atoms with van der Waals surface area (Å²) in [4.78, 5) is 28.0. The first-order valence-corrected chi connectivity index (χ1v) is 13.6. The lowest BCUT2D eigenvalue weighted by Crippen LogP contribution is -2.53. The van der Waals surface area contributed by atoms with Crippen molar-refractivity contribution in [2.75, 3.05) is 17.1 Å².